The molecule has 1 aromatic carbocycles. The zero-order valence-electron chi connectivity index (χ0n) is 12.9. The fourth-order valence-electron chi connectivity index (χ4n) is 2.99. The van der Waals surface area contributed by atoms with Crippen LogP contribution in [0.5, 0.6) is 5.75 Å². The number of methoxy groups -OCH3 is 1. The van der Waals surface area contributed by atoms with Crippen LogP contribution in [0.4, 0.5) is 0 Å². The molecule has 0 bridgehead atoms. The summed E-state index contributed by atoms with van der Waals surface area (Å²) in [5.41, 5.74) is 6.45. The molecule has 2 rings (SSSR count). The third-order valence-corrected chi connectivity index (χ3v) is 5.79. The molecule has 2 N–H and O–H groups in total. The number of sulfonamides is 1. The van der Waals surface area contributed by atoms with Crippen molar-refractivity contribution in [2.45, 2.75) is 31.7 Å². The average Bonchev–Trinajstić information content (AvgIpc) is 2.45. The Morgan fingerprint density at radius 1 is 1.29 bits per heavy atom. The van der Waals surface area contributed by atoms with Crippen molar-refractivity contribution in [3.63, 3.8) is 0 Å². The van der Waals surface area contributed by atoms with Crippen LogP contribution in [0, 0.1) is 11.8 Å². The number of benzene rings is 1. The monoisotopic (exact) mass is 312 g/mol. The van der Waals surface area contributed by atoms with Gasteiger partial charge in [0.05, 0.1) is 7.11 Å². The molecule has 0 amide bonds. The molecular weight excluding hydrogens is 288 g/mol. The van der Waals surface area contributed by atoms with Crippen molar-refractivity contribution in [1.82, 2.24) is 4.31 Å². The minimum Gasteiger partial charge on any atom is -0.495 e. The summed E-state index contributed by atoms with van der Waals surface area (Å²) in [4.78, 5) is 0.225. The van der Waals surface area contributed by atoms with Crippen LogP contribution in [0.1, 0.15) is 25.8 Å². The molecule has 118 valence electrons. The van der Waals surface area contributed by atoms with Crippen molar-refractivity contribution in [1.29, 1.82) is 0 Å². The van der Waals surface area contributed by atoms with Gasteiger partial charge in [0.25, 0.3) is 0 Å². The molecule has 1 aromatic rings. The first-order valence-corrected chi connectivity index (χ1v) is 8.69. The van der Waals surface area contributed by atoms with E-state index in [1.54, 1.807) is 22.5 Å². The molecule has 1 saturated heterocycles. The molecule has 0 spiro atoms. The van der Waals surface area contributed by atoms with Crippen LogP contribution in [0.15, 0.2) is 23.1 Å². The highest BCUT2D eigenvalue weighted by Crippen LogP contribution is 2.31. The van der Waals surface area contributed by atoms with E-state index >= 15 is 0 Å². The lowest BCUT2D eigenvalue weighted by Gasteiger charge is -2.34. The minimum atomic E-state index is -3.53. The van der Waals surface area contributed by atoms with Crippen LogP contribution < -0.4 is 10.5 Å². The molecular formula is C15H24N2O3S. The molecule has 0 radical (unpaired) electrons. The Labute approximate surface area is 127 Å². The summed E-state index contributed by atoms with van der Waals surface area (Å²) >= 11 is 0. The predicted octanol–water partition coefficient (Wildman–Crippen LogP) is 1.82. The van der Waals surface area contributed by atoms with Gasteiger partial charge in [0.15, 0.2) is 0 Å². The molecule has 5 nitrogen and oxygen atoms in total. The molecule has 6 heteroatoms. The van der Waals surface area contributed by atoms with Gasteiger partial charge in [-0.25, -0.2) is 8.42 Å². The maximum atomic E-state index is 12.9. The van der Waals surface area contributed by atoms with Gasteiger partial charge in [-0.1, -0.05) is 19.9 Å². The highest BCUT2D eigenvalue weighted by Gasteiger charge is 2.33. The molecule has 1 aliphatic rings. The van der Waals surface area contributed by atoms with E-state index < -0.39 is 10.0 Å². The van der Waals surface area contributed by atoms with Gasteiger partial charge in [-0.3, -0.25) is 0 Å². The van der Waals surface area contributed by atoms with E-state index in [1.165, 1.54) is 7.11 Å². The van der Waals surface area contributed by atoms with E-state index in [0.29, 0.717) is 37.2 Å². The van der Waals surface area contributed by atoms with Crippen LogP contribution in [0.2, 0.25) is 0 Å². The van der Waals surface area contributed by atoms with E-state index in [0.717, 1.165) is 12.0 Å². The highest BCUT2D eigenvalue weighted by atomic mass is 32.2. The van der Waals surface area contributed by atoms with Crippen LogP contribution >= 0.6 is 0 Å². The van der Waals surface area contributed by atoms with Crippen molar-refractivity contribution in [2.75, 3.05) is 20.2 Å². The predicted molar refractivity (Wildman–Crippen MR) is 82.6 cm³/mol. The molecule has 2 atom stereocenters. The van der Waals surface area contributed by atoms with Crippen LogP contribution in [-0.4, -0.2) is 32.9 Å². The maximum Gasteiger partial charge on any atom is 0.246 e. The van der Waals surface area contributed by atoms with E-state index in [-0.39, 0.29) is 4.90 Å². The summed E-state index contributed by atoms with van der Waals surface area (Å²) in [6.45, 7) is 5.66. The van der Waals surface area contributed by atoms with Gasteiger partial charge in [0.2, 0.25) is 10.0 Å². The number of hydrogen-bond donors (Lipinski definition) is 1. The third kappa shape index (κ3) is 3.39. The summed E-state index contributed by atoms with van der Waals surface area (Å²) in [7, 11) is -2.05. The summed E-state index contributed by atoms with van der Waals surface area (Å²) in [5.74, 6) is 1.11. The maximum absolute atomic E-state index is 12.9. The van der Waals surface area contributed by atoms with E-state index in [9.17, 15) is 8.42 Å². The van der Waals surface area contributed by atoms with Crippen molar-refractivity contribution in [3.05, 3.63) is 23.8 Å². The Bertz CT molecular complexity index is 591. The summed E-state index contributed by atoms with van der Waals surface area (Å²) in [6.07, 6.45) is 1.06. The van der Waals surface area contributed by atoms with Crippen molar-refractivity contribution >= 4 is 10.0 Å². The minimum absolute atomic E-state index is 0.225. The number of hydrogen-bond acceptors (Lipinski definition) is 4. The van der Waals surface area contributed by atoms with Gasteiger partial charge in [0, 0.05) is 19.6 Å². The van der Waals surface area contributed by atoms with Crippen LogP contribution in [0.25, 0.3) is 0 Å². The zero-order chi connectivity index (χ0) is 15.6. The topological polar surface area (TPSA) is 72.6 Å². The quantitative estimate of drug-likeness (QED) is 0.920. The van der Waals surface area contributed by atoms with Gasteiger partial charge in [-0.05, 0) is 36.0 Å². The van der Waals surface area contributed by atoms with E-state index in [4.69, 9.17) is 10.5 Å². The van der Waals surface area contributed by atoms with Crippen molar-refractivity contribution in [3.8, 4) is 5.75 Å². The van der Waals surface area contributed by atoms with Gasteiger partial charge >= 0.3 is 0 Å². The van der Waals surface area contributed by atoms with Crippen molar-refractivity contribution < 1.29 is 13.2 Å². The Kier molecular flexibility index (Phi) is 4.91. The summed E-state index contributed by atoms with van der Waals surface area (Å²) in [5, 5.41) is 0. The van der Waals surface area contributed by atoms with Crippen LogP contribution in [0.3, 0.4) is 0 Å². The first-order chi connectivity index (χ1) is 9.88. The molecule has 1 aliphatic heterocycles. The summed E-state index contributed by atoms with van der Waals surface area (Å²) in [6, 6.07) is 5.04. The normalized spacial score (nSPS) is 24.0. The Morgan fingerprint density at radius 2 is 1.90 bits per heavy atom. The van der Waals surface area contributed by atoms with Gasteiger partial charge in [0.1, 0.15) is 10.6 Å². The zero-order valence-corrected chi connectivity index (χ0v) is 13.7. The Balaban J connectivity index is 2.39. The Morgan fingerprint density at radius 3 is 2.43 bits per heavy atom. The second-order valence-corrected chi connectivity index (χ2v) is 7.86. The number of nitrogens with two attached hydrogens (primary N) is 1. The smallest absolute Gasteiger partial charge is 0.246 e. The number of ether oxygens (including phenoxy) is 1. The lowest BCUT2D eigenvalue weighted by Crippen LogP contribution is -2.42. The molecule has 0 aliphatic carbocycles. The Hall–Kier alpha value is -1.11. The standard InChI is InChI=1S/C15H24N2O3S/c1-11-6-12(2)10-17(9-11)21(18,19)15-5-4-13(8-16)7-14(15)20-3/h4-5,7,11-12H,6,8-10,16H2,1-3H3. The molecule has 21 heavy (non-hydrogen) atoms. The molecule has 0 saturated carbocycles. The third-order valence-electron chi connectivity index (χ3n) is 3.92. The van der Waals surface area contributed by atoms with Crippen molar-refractivity contribution in [2.24, 2.45) is 17.6 Å². The fourth-order valence-corrected chi connectivity index (χ4v) is 4.81. The first kappa shape index (κ1) is 16.3. The van der Waals surface area contributed by atoms with E-state index in [1.807, 2.05) is 0 Å². The van der Waals surface area contributed by atoms with E-state index in [2.05, 4.69) is 13.8 Å². The first-order valence-electron chi connectivity index (χ1n) is 7.25. The fraction of sp³-hybridized carbons (Fsp3) is 0.600. The molecule has 2 unspecified atom stereocenters. The largest absolute Gasteiger partial charge is 0.495 e. The van der Waals surface area contributed by atoms with Gasteiger partial charge < -0.3 is 10.5 Å². The second kappa shape index (κ2) is 6.34. The SMILES string of the molecule is COc1cc(CN)ccc1S(=O)(=O)N1CC(C)CC(C)C1. The average molecular weight is 312 g/mol. The second-order valence-electron chi connectivity index (χ2n) is 5.96. The van der Waals surface area contributed by atoms with Gasteiger partial charge in [-0.2, -0.15) is 4.31 Å². The lowest BCUT2D eigenvalue weighted by atomic mass is 9.94. The van der Waals surface area contributed by atoms with Gasteiger partial charge in [-0.15, -0.1) is 0 Å². The summed E-state index contributed by atoms with van der Waals surface area (Å²) < 4.78 is 32.6. The number of piperidine rings is 1. The highest BCUT2D eigenvalue weighted by molar-refractivity contribution is 7.89. The molecule has 0 aromatic heterocycles. The number of rotatable bonds is 4. The molecule has 1 heterocycles. The lowest BCUT2D eigenvalue weighted by molar-refractivity contribution is 0.222. The molecule has 1 fully saturated rings. The van der Waals surface area contributed by atoms with Crippen LogP contribution in [-0.2, 0) is 16.6 Å². The number of nitrogens with zero attached hydrogens (tertiary/aromatic N) is 1.